The largest absolute Gasteiger partial charge is 0.380 e. The fraction of sp³-hybridized carbons (Fsp3) is 0.217. The highest BCUT2D eigenvalue weighted by molar-refractivity contribution is 7.99. The maximum Gasteiger partial charge on any atom is 0.263 e. The third-order valence-corrected chi connectivity index (χ3v) is 5.84. The van der Waals surface area contributed by atoms with Crippen molar-refractivity contribution in [1.29, 1.82) is 0 Å². The zero-order chi connectivity index (χ0) is 22.5. The molecule has 2 aromatic heterocycles. The summed E-state index contributed by atoms with van der Waals surface area (Å²) in [4.78, 5) is 25.3. The van der Waals surface area contributed by atoms with E-state index >= 15 is 0 Å². The molecule has 4 rings (SSSR count). The van der Waals surface area contributed by atoms with Crippen LogP contribution in [0, 0.1) is 0 Å². The van der Waals surface area contributed by atoms with Crippen molar-refractivity contribution in [2.24, 2.45) is 0 Å². The van der Waals surface area contributed by atoms with Gasteiger partial charge in [-0.25, -0.2) is 0 Å². The normalized spacial score (nSPS) is 11.2. The molecule has 0 bridgehead atoms. The number of benzene rings is 2. The Balaban J connectivity index is 1.52. The lowest BCUT2D eigenvalue weighted by Crippen LogP contribution is -2.25. The number of para-hydroxylation sites is 1. The smallest absolute Gasteiger partial charge is 0.263 e. The summed E-state index contributed by atoms with van der Waals surface area (Å²) < 4.78 is 8.49. The maximum atomic E-state index is 12.8. The number of hydrogen-bond acceptors (Lipinski definition) is 6. The number of methoxy groups -OCH3 is 1. The summed E-state index contributed by atoms with van der Waals surface area (Å²) in [6, 6.07) is 15.2. The van der Waals surface area contributed by atoms with Gasteiger partial charge in [0.25, 0.3) is 5.56 Å². The molecule has 32 heavy (non-hydrogen) atoms. The first-order valence-electron chi connectivity index (χ1n) is 10.1. The minimum absolute atomic E-state index is 0.118. The van der Waals surface area contributed by atoms with Crippen LogP contribution >= 0.6 is 11.8 Å². The Bertz CT molecular complexity index is 1340. The standard InChI is InChI=1S/C23H23N5O3S/c1-3-11-27-21(30)18-9-4-5-10-19(18)28-22(27)25-26-23(28)32-15-20(29)24-13-16-7-6-8-17(12-16)14-31-2/h3-10,12H,1,11,13-15H2,2H3,(H,24,29). The molecule has 9 heteroatoms. The minimum Gasteiger partial charge on any atom is -0.380 e. The monoisotopic (exact) mass is 449 g/mol. The van der Waals surface area contributed by atoms with Gasteiger partial charge in [-0.05, 0) is 23.3 Å². The van der Waals surface area contributed by atoms with Crippen molar-refractivity contribution in [3.05, 3.63) is 82.7 Å². The van der Waals surface area contributed by atoms with Crippen molar-refractivity contribution in [2.75, 3.05) is 12.9 Å². The molecule has 0 unspecified atom stereocenters. The van der Waals surface area contributed by atoms with Crippen molar-refractivity contribution in [2.45, 2.75) is 24.9 Å². The van der Waals surface area contributed by atoms with Crippen LogP contribution in [0.2, 0.25) is 0 Å². The van der Waals surface area contributed by atoms with Gasteiger partial charge in [0, 0.05) is 20.2 Å². The van der Waals surface area contributed by atoms with Gasteiger partial charge >= 0.3 is 0 Å². The van der Waals surface area contributed by atoms with Gasteiger partial charge in [-0.3, -0.25) is 18.6 Å². The first-order valence-corrected chi connectivity index (χ1v) is 11.0. The Kier molecular flexibility index (Phi) is 6.67. The molecular formula is C23H23N5O3S. The van der Waals surface area contributed by atoms with E-state index in [2.05, 4.69) is 22.1 Å². The van der Waals surface area contributed by atoms with Crippen molar-refractivity contribution < 1.29 is 9.53 Å². The summed E-state index contributed by atoms with van der Waals surface area (Å²) in [7, 11) is 1.65. The van der Waals surface area contributed by atoms with E-state index in [1.807, 2.05) is 46.9 Å². The van der Waals surface area contributed by atoms with Crippen LogP contribution in [0.1, 0.15) is 11.1 Å². The van der Waals surface area contributed by atoms with Gasteiger partial charge in [0.2, 0.25) is 11.7 Å². The molecule has 4 aromatic rings. The summed E-state index contributed by atoms with van der Waals surface area (Å²) >= 11 is 1.27. The average Bonchev–Trinajstić information content (AvgIpc) is 3.23. The van der Waals surface area contributed by atoms with E-state index in [-0.39, 0.29) is 17.2 Å². The van der Waals surface area contributed by atoms with Crippen LogP contribution in [-0.4, -0.2) is 37.9 Å². The average molecular weight is 450 g/mol. The molecular weight excluding hydrogens is 426 g/mol. The van der Waals surface area contributed by atoms with Crippen LogP contribution in [0.3, 0.4) is 0 Å². The summed E-state index contributed by atoms with van der Waals surface area (Å²) in [6.07, 6.45) is 1.65. The molecule has 0 atom stereocenters. The third-order valence-electron chi connectivity index (χ3n) is 4.91. The number of allylic oxidation sites excluding steroid dienone is 1. The summed E-state index contributed by atoms with van der Waals surface area (Å²) in [5, 5.41) is 12.5. The molecule has 0 radical (unpaired) electrons. The molecule has 164 valence electrons. The Morgan fingerprint density at radius 1 is 1.19 bits per heavy atom. The van der Waals surface area contributed by atoms with Gasteiger partial charge in [0.05, 0.1) is 23.3 Å². The zero-order valence-corrected chi connectivity index (χ0v) is 18.5. The first kappa shape index (κ1) is 21.8. The quantitative estimate of drug-likeness (QED) is 0.312. The predicted molar refractivity (Wildman–Crippen MR) is 125 cm³/mol. The Morgan fingerprint density at radius 3 is 2.81 bits per heavy atom. The molecule has 2 heterocycles. The predicted octanol–water partition coefficient (Wildman–Crippen LogP) is 2.79. The third kappa shape index (κ3) is 4.44. The number of carbonyl (C=O) groups is 1. The van der Waals surface area contributed by atoms with Gasteiger partial charge in [-0.1, -0.05) is 54.2 Å². The second-order valence-corrected chi connectivity index (χ2v) is 8.10. The Labute approximate surface area is 188 Å². The second-order valence-electron chi connectivity index (χ2n) is 7.16. The van der Waals surface area contributed by atoms with Crippen LogP contribution in [-0.2, 0) is 29.2 Å². The number of rotatable bonds is 9. The zero-order valence-electron chi connectivity index (χ0n) is 17.7. The SMILES string of the molecule is C=CCn1c(=O)c2ccccc2n2c(SCC(=O)NCc3cccc(COC)c3)nnc12. The van der Waals surface area contributed by atoms with E-state index in [4.69, 9.17) is 4.74 Å². The maximum absolute atomic E-state index is 12.8. The number of aromatic nitrogens is 4. The lowest BCUT2D eigenvalue weighted by molar-refractivity contribution is -0.118. The molecule has 0 spiro atoms. The first-order chi connectivity index (χ1) is 15.6. The minimum atomic E-state index is -0.148. The number of amides is 1. The molecule has 2 aromatic carbocycles. The Morgan fingerprint density at radius 2 is 2.00 bits per heavy atom. The molecule has 0 aliphatic carbocycles. The molecule has 0 fully saturated rings. The number of hydrogen-bond donors (Lipinski definition) is 1. The number of fused-ring (bicyclic) bond motifs is 3. The van der Waals surface area contributed by atoms with E-state index < -0.39 is 0 Å². The van der Waals surface area contributed by atoms with E-state index in [0.29, 0.717) is 41.5 Å². The molecule has 0 saturated heterocycles. The van der Waals surface area contributed by atoms with Gasteiger partial charge < -0.3 is 10.1 Å². The van der Waals surface area contributed by atoms with Crippen LogP contribution < -0.4 is 10.9 Å². The van der Waals surface area contributed by atoms with Gasteiger partial charge in [0.15, 0.2) is 5.16 Å². The van der Waals surface area contributed by atoms with E-state index in [9.17, 15) is 9.59 Å². The van der Waals surface area contributed by atoms with Gasteiger partial charge in [0.1, 0.15) is 0 Å². The number of nitrogens with zero attached hydrogens (tertiary/aromatic N) is 4. The van der Waals surface area contributed by atoms with E-state index in [1.165, 1.54) is 16.3 Å². The van der Waals surface area contributed by atoms with Crippen LogP contribution in [0.15, 0.2) is 71.1 Å². The van der Waals surface area contributed by atoms with E-state index in [0.717, 1.165) is 11.1 Å². The number of nitrogens with one attached hydrogen (secondary N) is 1. The number of thioether (sulfide) groups is 1. The number of ether oxygens (including phenoxy) is 1. The Hall–Kier alpha value is -3.43. The highest BCUT2D eigenvalue weighted by Crippen LogP contribution is 2.21. The van der Waals surface area contributed by atoms with Crippen LogP contribution in [0.4, 0.5) is 0 Å². The molecule has 0 aliphatic rings. The molecule has 1 amide bonds. The molecule has 8 nitrogen and oxygen atoms in total. The molecule has 0 saturated carbocycles. The van der Waals surface area contributed by atoms with Crippen molar-refractivity contribution in [3.63, 3.8) is 0 Å². The molecule has 1 N–H and O–H groups in total. The summed E-state index contributed by atoms with van der Waals surface area (Å²) in [5.41, 5.74) is 2.62. The van der Waals surface area contributed by atoms with E-state index in [1.54, 1.807) is 19.3 Å². The van der Waals surface area contributed by atoms with Crippen molar-refractivity contribution >= 4 is 34.3 Å². The van der Waals surface area contributed by atoms with Crippen molar-refractivity contribution in [3.8, 4) is 0 Å². The lowest BCUT2D eigenvalue weighted by Gasteiger charge is -2.10. The van der Waals surface area contributed by atoms with Crippen molar-refractivity contribution in [1.82, 2.24) is 24.5 Å². The van der Waals surface area contributed by atoms with Crippen LogP contribution in [0.5, 0.6) is 0 Å². The second kappa shape index (κ2) is 9.80. The fourth-order valence-electron chi connectivity index (χ4n) is 3.50. The highest BCUT2D eigenvalue weighted by atomic mass is 32.2. The van der Waals surface area contributed by atoms with Gasteiger partial charge in [-0.15, -0.1) is 16.8 Å². The topological polar surface area (TPSA) is 90.5 Å². The summed E-state index contributed by atoms with van der Waals surface area (Å²) in [5.74, 6) is 0.479. The van der Waals surface area contributed by atoms with Gasteiger partial charge in [-0.2, -0.15) is 0 Å². The highest BCUT2D eigenvalue weighted by Gasteiger charge is 2.17. The molecule has 0 aliphatic heterocycles. The lowest BCUT2D eigenvalue weighted by atomic mass is 10.1. The fourth-order valence-corrected chi connectivity index (χ4v) is 4.27. The summed E-state index contributed by atoms with van der Waals surface area (Å²) in [6.45, 7) is 5.01. The number of carbonyl (C=O) groups excluding carboxylic acids is 1. The van der Waals surface area contributed by atoms with Crippen LogP contribution in [0.25, 0.3) is 16.7 Å².